The highest BCUT2D eigenvalue weighted by molar-refractivity contribution is 7.09. The number of hydrogen-bond donors (Lipinski definition) is 0. The van der Waals surface area contributed by atoms with Crippen molar-refractivity contribution in [1.82, 2.24) is 14.8 Å². The van der Waals surface area contributed by atoms with Crippen molar-refractivity contribution in [3.05, 3.63) is 58.2 Å². The summed E-state index contributed by atoms with van der Waals surface area (Å²) in [6.45, 7) is 8.21. The van der Waals surface area contributed by atoms with Gasteiger partial charge in [-0.1, -0.05) is 19.1 Å². The first-order valence-electron chi connectivity index (χ1n) is 12.9. The first kappa shape index (κ1) is 26.1. The van der Waals surface area contributed by atoms with Crippen molar-refractivity contribution in [1.29, 1.82) is 0 Å². The third-order valence-electron chi connectivity index (χ3n) is 6.85. The van der Waals surface area contributed by atoms with Crippen LogP contribution in [0.15, 0.2) is 42.0 Å². The Kier molecular flexibility index (Phi) is 8.56. The fourth-order valence-electron chi connectivity index (χ4n) is 4.78. The van der Waals surface area contributed by atoms with Gasteiger partial charge in [0.15, 0.2) is 5.82 Å². The number of benzene rings is 1. The fraction of sp³-hybridized carbons (Fsp3) is 0.500. The molecule has 0 aliphatic heterocycles. The minimum atomic E-state index is -0.463. The Morgan fingerprint density at radius 2 is 1.86 bits per heavy atom. The maximum Gasteiger partial charge on any atom is 0.343 e. The minimum absolute atomic E-state index is 0.0408. The molecule has 0 radical (unpaired) electrons. The summed E-state index contributed by atoms with van der Waals surface area (Å²) >= 11 is 1.67. The van der Waals surface area contributed by atoms with Crippen molar-refractivity contribution >= 4 is 29.0 Å². The number of nitrogens with zero attached hydrogens (tertiary/aromatic N) is 4. The van der Waals surface area contributed by atoms with Crippen LogP contribution in [0.4, 0.5) is 5.82 Å². The number of carbonyl (C=O) groups excluding carboxylic acids is 2. The summed E-state index contributed by atoms with van der Waals surface area (Å²) in [6.07, 6.45) is 9.18. The van der Waals surface area contributed by atoms with Crippen molar-refractivity contribution < 1.29 is 14.3 Å². The zero-order chi connectivity index (χ0) is 25.7. The standard InChI is InChI=1S/C28H36N4O3S/c1-5-35-28(34)24-18-31(23-13-8-21(9-14-23)10-15-25-29-16-17-36-25)30-26(24)32(19(2)3)27(33)22-11-6-20(4)7-12-22/h8-9,13-14,16-20,22H,5-7,10-12,15H2,1-4H3. The summed E-state index contributed by atoms with van der Waals surface area (Å²) in [7, 11) is 0. The van der Waals surface area contributed by atoms with E-state index in [0.29, 0.717) is 17.3 Å². The van der Waals surface area contributed by atoms with Gasteiger partial charge in [0.1, 0.15) is 5.56 Å². The predicted octanol–water partition coefficient (Wildman–Crippen LogP) is 5.86. The smallest absolute Gasteiger partial charge is 0.343 e. The molecule has 1 aromatic carbocycles. The van der Waals surface area contributed by atoms with Crippen molar-refractivity contribution in [2.24, 2.45) is 11.8 Å². The number of aromatic nitrogens is 3. The molecule has 7 nitrogen and oxygen atoms in total. The summed E-state index contributed by atoms with van der Waals surface area (Å²) in [5, 5.41) is 7.89. The summed E-state index contributed by atoms with van der Waals surface area (Å²) in [4.78, 5) is 32.6. The van der Waals surface area contributed by atoms with E-state index in [4.69, 9.17) is 9.84 Å². The molecule has 0 spiro atoms. The first-order valence-corrected chi connectivity index (χ1v) is 13.8. The zero-order valence-electron chi connectivity index (χ0n) is 21.6. The lowest BCUT2D eigenvalue weighted by Crippen LogP contribution is -2.43. The third-order valence-corrected chi connectivity index (χ3v) is 7.69. The van der Waals surface area contributed by atoms with Crippen LogP contribution in [0.25, 0.3) is 5.69 Å². The molecular weight excluding hydrogens is 472 g/mol. The van der Waals surface area contributed by atoms with E-state index in [-0.39, 0.29) is 24.5 Å². The van der Waals surface area contributed by atoms with Crippen LogP contribution in [-0.2, 0) is 22.4 Å². The number of hydrogen-bond acceptors (Lipinski definition) is 6. The van der Waals surface area contributed by atoms with Crippen molar-refractivity contribution in [2.75, 3.05) is 11.5 Å². The Hall–Kier alpha value is -3.00. The molecule has 0 unspecified atom stereocenters. The molecule has 0 saturated heterocycles. The first-order chi connectivity index (χ1) is 17.4. The van der Waals surface area contributed by atoms with E-state index in [1.807, 2.05) is 37.6 Å². The highest BCUT2D eigenvalue weighted by atomic mass is 32.1. The lowest BCUT2D eigenvalue weighted by atomic mass is 9.82. The van der Waals surface area contributed by atoms with E-state index in [9.17, 15) is 9.59 Å². The predicted molar refractivity (Wildman–Crippen MR) is 143 cm³/mol. The number of rotatable bonds is 9. The van der Waals surface area contributed by atoms with Gasteiger partial charge in [0.05, 0.1) is 17.3 Å². The molecule has 36 heavy (non-hydrogen) atoms. The number of aryl methyl sites for hydroxylation is 2. The Morgan fingerprint density at radius 1 is 1.14 bits per heavy atom. The number of ether oxygens (including phenoxy) is 1. The van der Waals surface area contributed by atoms with Gasteiger partial charge in [0, 0.05) is 36.2 Å². The molecule has 2 heterocycles. The Balaban J connectivity index is 1.61. The maximum atomic E-state index is 13.7. The molecule has 0 N–H and O–H groups in total. The number of anilines is 1. The summed E-state index contributed by atoms with van der Waals surface area (Å²) in [6, 6.07) is 7.99. The number of thiazole rings is 1. The monoisotopic (exact) mass is 508 g/mol. The highest BCUT2D eigenvalue weighted by Gasteiger charge is 2.34. The molecular formula is C28H36N4O3S. The topological polar surface area (TPSA) is 77.3 Å². The second kappa shape index (κ2) is 11.8. The van der Waals surface area contributed by atoms with E-state index in [2.05, 4.69) is 24.0 Å². The summed E-state index contributed by atoms with van der Waals surface area (Å²) < 4.78 is 7.02. The molecule has 1 aliphatic carbocycles. The zero-order valence-corrected chi connectivity index (χ0v) is 22.5. The van der Waals surface area contributed by atoms with Crippen molar-refractivity contribution in [2.45, 2.75) is 72.3 Å². The second-order valence-electron chi connectivity index (χ2n) is 9.88. The van der Waals surface area contributed by atoms with E-state index in [1.165, 1.54) is 5.56 Å². The molecule has 1 saturated carbocycles. The molecule has 3 aromatic rings. The highest BCUT2D eigenvalue weighted by Crippen LogP contribution is 2.33. The van der Waals surface area contributed by atoms with E-state index < -0.39 is 5.97 Å². The van der Waals surface area contributed by atoms with Gasteiger partial charge in [-0.15, -0.1) is 16.4 Å². The van der Waals surface area contributed by atoms with Gasteiger partial charge in [0.2, 0.25) is 5.91 Å². The van der Waals surface area contributed by atoms with Gasteiger partial charge in [0.25, 0.3) is 0 Å². The van der Waals surface area contributed by atoms with Crippen LogP contribution in [0.5, 0.6) is 0 Å². The van der Waals surface area contributed by atoms with E-state index >= 15 is 0 Å². The maximum absolute atomic E-state index is 13.7. The average molecular weight is 509 g/mol. The third kappa shape index (κ3) is 6.03. The summed E-state index contributed by atoms with van der Waals surface area (Å²) in [5.41, 5.74) is 2.35. The van der Waals surface area contributed by atoms with Crippen LogP contribution in [0.3, 0.4) is 0 Å². The lowest BCUT2D eigenvalue weighted by Gasteiger charge is -2.32. The van der Waals surface area contributed by atoms with Crippen LogP contribution in [0, 0.1) is 11.8 Å². The second-order valence-corrected chi connectivity index (χ2v) is 10.9. The largest absolute Gasteiger partial charge is 0.462 e. The van der Waals surface area contributed by atoms with Gasteiger partial charge in [-0.05, 0) is 76.5 Å². The molecule has 4 rings (SSSR count). The van der Waals surface area contributed by atoms with Crippen LogP contribution in [-0.4, -0.2) is 39.3 Å². The molecule has 1 amide bonds. The van der Waals surface area contributed by atoms with Crippen LogP contribution in [0.1, 0.15) is 74.3 Å². The molecule has 1 fully saturated rings. The van der Waals surface area contributed by atoms with Gasteiger partial charge in [-0.2, -0.15) is 0 Å². The number of amides is 1. The van der Waals surface area contributed by atoms with Crippen LogP contribution in [0.2, 0.25) is 0 Å². The molecule has 0 atom stereocenters. The normalized spacial score (nSPS) is 17.8. The molecule has 2 aromatic heterocycles. The van der Waals surface area contributed by atoms with Crippen LogP contribution < -0.4 is 4.90 Å². The van der Waals surface area contributed by atoms with Gasteiger partial charge >= 0.3 is 5.97 Å². The SMILES string of the molecule is CCOC(=O)c1cn(-c2ccc(CCc3nccs3)cc2)nc1N(C(=O)C1CCC(C)CC1)C(C)C. The van der Waals surface area contributed by atoms with Gasteiger partial charge in [-0.3, -0.25) is 9.69 Å². The number of esters is 1. The summed E-state index contributed by atoms with van der Waals surface area (Å²) in [5.74, 6) is 0.570. The van der Waals surface area contributed by atoms with Crippen molar-refractivity contribution in [3.8, 4) is 5.69 Å². The van der Waals surface area contributed by atoms with Crippen molar-refractivity contribution in [3.63, 3.8) is 0 Å². The van der Waals surface area contributed by atoms with E-state index in [0.717, 1.165) is 49.2 Å². The van der Waals surface area contributed by atoms with Gasteiger partial charge < -0.3 is 4.74 Å². The fourth-order valence-corrected chi connectivity index (χ4v) is 5.40. The Labute approximate surface area is 217 Å². The Morgan fingerprint density at radius 3 is 2.47 bits per heavy atom. The molecule has 192 valence electrons. The quantitative estimate of drug-likeness (QED) is 0.339. The van der Waals surface area contributed by atoms with Gasteiger partial charge in [-0.25, -0.2) is 14.5 Å². The molecule has 0 bridgehead atoms. The lowest BCUT2D eigenvalue weighted by molar-refractivity contribution is -0.124. The number of carbonyl (C=O) groups is 2. The Bertz CT molecular complexity index is 1150. The molecule has 1 aliphatic rings. The molecule has 8 heteroatoms. The van der Waals surface area contributed by atoms with E-state index in [1.54, 1.807) is 34.0 Å². The average Bonchev–Trinajstić information content (AvgIpc) is 3.54. The minimum Gasteiger partial charge on any atom is -0.462 e. The van der Waals surface area contributed by atoms with Crippen LogP contribution >= 0.6 is 11.3 Å².